The summed E-state index contributed by atoms with van der Waals surface area (Å²) in [5, 5.41) is 0. The predicted octanol–water partition coefficient (Wildman–Crippen LogP) is 3.54. The van der Waals surface area contributed by atoms with Gasteiger partial charge in [-0.05, 0) is 37.6 Å². The van der Waals surface area contributed by atoms with E-state index in [9.17, 15) is 0 Å². The predicted molar refractivity (Wildman–Crippen MR) is 97.0 cm³/mol. The molecule has 2 aromatic heterocycles. The molecule has 2 N–H and O–H groups in total. The van der Waals surface area contributed by atoms with Crippen LogP contribution < -0.4 is 10.5 Å². The summed E-state index contributed by atoms with van der Waals surface area (Å²) in [6.07, 6.45) is 2.55. The number of hydrogen-bond donors (Lipinski definition) is 1. The molecule has 118 valence electrons. The van der Waals surface area contributed by atoms with Gasteiger partial charge in [0.2, 0.25) is 0 Å². The summed E-state index contributed by atoms with van der Waals surface area (Å²) in [5.41, 5.74) is 10.7. The first-order valence-electron chi connectivity index (χ1n) is 7.58. The van der Waals surface area contributed by atoms with Crippen molar-refractivity contribution in [2.45, 2.75) is 20.3 Å². The van der Waals surface area contributed by atoms with Crippen LogP contribution in [0.4, 0.5) is 0 Å². The average molecular weight is 325 g/mol. The van der Waals surface area contributed by atoms with Crippen molar-refractivity contribution in [2.75, 3.05) is 6.61 Å². The van der Waals surface area contributed by atoms with Crippen molar-refractivity contribution in [3.63, 3.8) is 0 Å². The third-order valence-corrected chi connectivity index (χ3v) is 3.79. The quantitative estimate of drug-likeness (QED) is 0.729. The minimum atomic E-state index is 0.448. The van der Waals surface area contributed by atoms with Gasteiger partial charge in [-0.1, -0.05) is 30.4 Å². The second-order valence-electron chi connectivity index (χ2n) is 5.41. The van der Waals surface area contributed by atoms with E-state index in [2.05, 4.69) is 17.5 Å². The van der Waals surface area contributed by atoms with Gasteiger partial charge in [-0.25, -0.2) is 4.98 Å². The summed E-state index contributed by atoms with van der Waals surface area (Å²) < 4.78 is 7.82. The van der Waals surface area contributed by atoms with Gasteiger partial charge in [-0.3, -0.25) is 0 Å². The number of pyridine rings is 1. The third kappa shape index (κ3) is 3.05. The number of imidazole rings is 1. The second-order valence-corrected chi connectivity index (χ2v) is 5.94. The molecular formula is C18H19N3OS. The number of para-hydroxylation sites is 1. The van der Waals surface area contributed by atoms with Crippen LogP contribution in [0.3, 0.4) is 0 Å². The smallest absolute Gasteiger partial charge is 0.137 e. The molecule has 3 rings (SSSR count). The van der Waals surface area contributed by atoms with E-state index in [0.717, 1.165) is 33.9 Å². The Hall–Kier alpha value is -2.40. The molecule has 0 aliphatic heterocycles. The van der Waals surface area contributed by atoms with Crippen LogP contribution in [0, 0.1) is 6.92 Å². The molecule has 0 saturated heterocycles. The summed E-state index contributed by atoms with van der Waals surface area (Å²) in [4.78, 5) is 5.24. The lowest BCUT2D eigenvalue weighted by molar-refractivity contribution is 0.341. The first-order valence-corrected chi connectivity index (χ1v) is 7.99. The lowest BCUT2D eigenvalue weighted by atomic mass is 10.1. The molecule has 0 aliphatic rings. The standard InChI is InChI=1S/C18H19N3OS/c1-3-22-15-7-5-4-6-13(15)18-14(10-16(19)23)21-11-12(2)8-9-17(21)20-18/h4-9,11H,3,10H2,1-2H3,(H2,19,23). The highest BCUT2D eigenvalue weighted by atomic mass is 32.1. The van der Waals surface area contributed by atoms with Gasteiger partial charge in [-0.2, -0.15) is 0 Å². The molecule has 0 bridgehead atoms. The van der Waals surface area contributed by atoms with Gasteiger partial charge >= 0.3 is 0 Å². The molecule has 4 nitrogen and oxygen atoms in total. The summed E-state index contributed by atoms with van der Waals surface area (Å²) >= 11 is 5.14. The Morgan fingerprint density at radius 1 is 1.26 bits per heavy atom. The average Bonchev–Trinajstić information content (AvgIpc) is 2.86. The zero-order valence-electron chi connectivity index (χ0n) is 13.2. The SMILES string of the molecule is CCOc1ccccc1-c1nc2ccc(C)cn2c1CC(N)=S. The Bertz CT molecular complexity index is 870. The van der Waals surface area contributed by atoms with Crippen molar-refractivity contribution in [3.05, 3.63) is 53.9 Å². The Morgan fingerprint density at radius 2 is 2.04 bits per heavy atom. The van der Waals surface area contributed by atoms with E-state index in [1.54, 1.807) is 0 Å². The zero-order chi connectivity index (χ0) is 16.4. The van der Waals surface area contributed by atoms with E-state index in [1.807, 2.05) is 43.3 Å². The lowest BCUT2D eigenvalue weighted by Gasteiger charge is -2.10. The van der Waals surface area contributed by atoms with E-state index in [-0.39, 0.29) is 0 Å². The van der Waals surface area contributed by atoms with Crippen molar-refractivity contribution in [1.29, 1.82) is 0 Å². The number of aryl methyl sites for hydroxylation is 1. The van der Waals surface area contributed by atoms with E-state index < -0.39 is 0 Å². The van der Waals surface area contributed by atoms with Crippen molar-refractivity contribution in [2.24, 2.45) is 5.73 Å². The minimum Gasteiger partial charge on any atom is -0.493 e. The van der Waals surface area contributed by atoms with Crippen LogP contribution >= 0.6 is 12.2 Å². The van der Waals surface area contributed by atoms with Crippen LogP contribution in [-0.4, -0.2) is 21.0 Å². The van der Waals surface area contributed by atoms with Crippen LogP contribution in [0.1, 0.15) is 18.2 Å². The Kier molecular flexibility index (Phi) is 4.30. The summed E-state index contributed by atoms with van der Waals surface area (Å²) in [5.74, 6) is 0.819. The van der Waals surface area contributed by atoms with Gasteiger partial charge in [-0.15, -0.1) is 0 Å². The number of ether oxygens (including phenoxy) is 1. The molecule has 0 fully saturated rings. The molecule has 3 aromatic rings. The van der Waals surface area contributed by atoms with Crippen molar-refractivity contribution < 1.29 is 4.74 Å². The number of nitrogens with two attached hydrogens (primary N) is 1. The molecule has 0 aliphatic carbocycles. The second kappa shape index (κ2) is 6.38. The van der Waals surface area contributed by atoms with Crippen LogP contribution in [0.5, 0.6) is 5.75 Å². The molecule has 23 heavy (non-hydrogen) atoms. The summed E-state index contributed by atoms with van der Waals surface area (Å²) in [7, 11) is 0. The van der Waals surface area contributed by atoms with Gasteiger partial charge in [0.15, 0.2) is 0 Å². The largest absolute Gasteiger partial charge is 0.493 e. The Labute approximate surface area is 140 Å². The maximum Gasteiger partial charge on any atom is 0.137 e. The highest BCUT2D eigenvalue weighted by molar-refractivity contribution is 7.80. The number of thiocarbonyl (C=S) groups is 1. The fourth-order valence-corrected chi connectivity index (χ4v) is 2.83. The van der Waals surface area contributed by atoms with Crippen molar-refractivity contribution in [1.82, 2.24) is 9.38 Å². The highest BCUT2D eigenvalue weighted by Crippen LogP contribution is 2.32. The molecule has 5 heteroatoms. The zero-order valence-corrected chi connectivity index (χ0v) is 14.1. The normalized spacial score (nSPS) is 10.9. The Morgan fingerprint density at radius 3 is 2.78 bits per heavy atom. The highest BCUT2D eigenvalue weighted by Gasteiger charge is 2.17. The van der Waals surface area contributed by atoms with E-state index in [1.165, 1.54) is 0 Å². The third-order valence-electron chi connectivity index (χ3n) is 3.65. The number of rotatable bonds is 5. The fraction of sp³-hybridized carbons (Fsp3) is 0.222. The van der Waals surface area contributed by atoms with E-state index in [0.29, 0.717) is 18.0 Å². The number of nitrogens with zero attached hydrogens (tertiary/aromatic N) is 2. The molecule has 0 radical (unpaired) electrons. The van der Waals surface area contributed by atoms with Crippen LogP contribution in [0.15, 0.2) is 42.6 Å². The van der Waals surface area contributed by atoms with Crippen LogP contribution in [-0.2, 0) is 6.42 Å². The van der Waals surface area contributed by atoms with Gasteiger partial charge < -0.3 is 14.9 Å². The van der Waals surface area contributed by atoms with Gasteiger partial charge in [0.25, 0.3) is 0 Å². The van der Waals surface area contributed by atoms with Crippen LogP contribution in [0.25, 0.3) is 16.9 Å². The maximum atomic E-state index is 5.82. The molecule has 0 spiro atoms. The molecule has 0 unspecified atom stereocenters. The maximum absolute atomic E-state index is 5.82. The van der Waals surface area contributed by atoms with Crippen LogP contribution in [0.2, 0.25) is 0 Å². The van der Waals surface area contributed by atoms with Gasteiger partial charge in [0.05, 0.1) is 23.0 Å². The van der Waals surface area contributed by atoms with Crippen molar-refractivity contribution in [3.8, 4) is 17.0 Å². The lowest BCUT2D eigenvalue weighted by Crippen LogP contribution is -2.13. The monoisotopic (exact) mass is 325 g/mol. The number of aromatic nitrogens is 2. The number of benzene rings is 1. The molecular weight excluding hydrogens is 306 g/mol. The summed E-state index contributed by atoms with van der Waals surface area (Å²) in [6.45, 7) is 4.63. The molecule has 0 amide bonds. The number of fused-ring (bicyclic) bond motifs is 1. The Balaban J connectivity index is 2.26. The number of hydrogen-bond acceptors (Lipinski definition) is 3. The molecule has 2 heterocycles. The summed E-state index contributed by atoms with van der Waals surface area (Å²) in [6, 6.07) is 12.0. The van der Waals surface area contributed by atoms with E-state index in [4.69, 9.17) is 27.7 Å². The molecule has 1 aromatic carbocycles. The fourth-order valence-electron chi connectivity index (χ4n) is 2.69. The first-order chi connectivity index (χ1) is 11.1. The molecule has 0 saturated carbocycles. The molecule has 0 atom stereocenters. The topological polar surface area (TPSA) is 52.5 Å². The van der Waals surface area contributed by atoms with Crippen molar-refractivity contribution >= 4 is 22.9 Å². The van der Waals surface area contributed by atoms with Gasteiger partial charge in [0.1, 0.15) is 11.4 Å². The van der Waals surface area contributed by atoms with E-state index >= 15 is 0 Å². The first kappa shape index (κ1) is 15.5. The van der Waals surface area contributed by atoms with Gasteiger partial charge in [0, 0.05) is 18.2 Å². The minimum absolute atomic E-state index is 0.448.